The van der Waals surface area contributed by atoms with Crippen LogP contribution in [-0.4, -0.2) is 20.7 Å². The molecule has 29 heavy (non-hydrogen) atoms. The molecule has 0 bridgehead atoms. The van der Waals surface area contributed by atoms with Gasteiger partial charge in [-0.05, 0) is 55.0 Å². The fraction of sp³-hybridized carbons (Fsp3) is 0.333. The standard InChI is InChI=1S/C24H29NO3Si/c1-4-29(2,3)18-8-6-5-7-17-27-22-15-11-21(12-16-22)24(26)28-23-13-9-20(19-25)10-14-23/h4,9-16H,1,5-8,17-18H2,2-3H3. The predicted octanol–water partition coefficient (Wildman–Crippen LogP) is 6.15. The summed E-state index contributed by atoms with van der Waals surface area (Å²) in [6.45, 7) is 9.33. The Morgan fingerprint density at radius 1 is 1.00 bits per heavy atom. The normalized spacial score (nSPS) is 10.8. The van der Waals surface area contributed by atoms with Crippen LogP contribution in [0.3, 0.4) is 0 Å². The molecule has 0 aliphatic heterocycles. The highest BCUT2D eigenvalue weighted by atomic mass is 28.3. The lowest BCUT2D eigenvalue weighted by Gasteiger charge is -2.16. The first-order valence-electron chi connectivity index (χ1n) is 10.0. The molecule has 0 heterocycles. The van der Waals surface area contributed by atoms with E-state index in [0.717, 1.165) is 18.6 Å². The minimum absolute atomic E-state index is 0.411. The molecule has 5 heteroatoms. The summed E-state index contributed by atoms with van der Waals surface area (Å²) in [4.78, 5) is 12.2. The van der Waals surface area contributed by atoms with Gasteiger partial charge in [0.05, 0.1) is 31.9 Å². The van der Waals surface area contributed by atoms with Crippen molar-refractivity contribution in [1.29, 1.82) is 5.26 Å². The van der Waals surface area contributed by atoms with E-state index in [-0.39, 0.29) is 0 Å². The Labute approximate surface area is 174 Å². The Morgan fingerprint density at radius 3 is 2.24 bits per heavy atom. The SMILES string of the molecule is C=C[Si](C)(C)CCCCCCOc1ccc(C(=O)Oc2ccc(C#N)cc2)cc1. The van der Waals surface area contributed by atoms with Crippen LogP contribution >= 0.6 is 0 Å². The summed E-state index contributed by atoms with van der Waals surface area (Å²) in [6.07, 6.45) is 4.68. The van der Waals surface area contributed by atoms with Gasteiger partial charge in [0.15, 0.2) is 0 Å². The summed E-state index contributed by atoms with van der Waals surface area (Å²) < 4.78 is 11.1. The van der Waals surface area contributed by atoms with Crippen molar-refractivity contribution in [3.8, 4) is 17.6 Å². The number of rotatable bonds is 11. The first kappa shape index (κ1) is 22.4. The summed E-state index contributed by atoms with van der Waals surface area (Å²) in [6, 6.07) is 16.7. The third-order valence-electron chi connectivity index (χ3n) is 4.82. The Balaban J connectivity index is 1.69. The summed E-state index contributed by atoms with van der Waals surface area (Å²) in [5.41, 5.74) is 3.14. The molecule has 0 atom stereocenters. The van der Waals surface area contributed by atoms with Crippen molar-refractivity contribution in [1.82, 2.24) is 0 Å². The van der Waals surface area contributed by atoms with Crippen LogP contribution < -0.4 is 9.47 Å². The highest BCUT2D eigenvalue weighted by molar-refractivity contribution is 6.82. The molecule has 0 saturated carbocycles. The van der Waals surface area contributed by atoms with Gasteiger partial charge in [-0.1, -0.05) is 38.4 Å². The van der Waals surface area contributed by atoms with E-state index < -0.39 is 14.0 Å². The molecule has 0 spiro atoms. The first-order chi connectivity index (χ1) is 13.9. The number of hydrogen-bond acceptors (Lipinski definition) is 4. The maximum atomic E-state index is 12.2. The second-order valence-corrected chi connectivity index (χ2v) is 12.6. The van der Waals surface area contributed by atoms with Crippen LogP contribution in [0.4, 0.5) is 0 Å². The van der Waals surface area contributed by atoms with E-state index >= 15 is 0 Å². The zero-order valence-corrected chi connectivity index (χ0v) is 18.3. The average Bonchev–Trinajstić information content (AvgIpc) is 2.74. The van der Waals surface area contributed by atoms with E-state index in [1.165, 1.54) is 18.9 Å². The topological polar surface area (TPSA) is 59.3 Å². The minimum Gasteiger partial charge on any atom is -0.494 e. The summed E-state index contributed by atoms with van der Waals surface area (Å²) in [5.74, 6) is 0.723. The second kappa shape index (κ2) is 11.2. The van der Waals surface area contributed by atoms with E-state index in [2.05, 4.69) is 25.4 Å². The van der Waals surface area contributed by atoms with Gasteiger partial charge in [0.1, 0.15) is 11.5 Å². The molecule has 2 aromatic rings. The molecular weight excluding hydrogens is 378 g/mol. The monoisotopic (exact) mass is 407 g/mol. The van der Waals surface area contributed by atoms with Crippen molar-refractivity contribution < 1.29 is 14.3 Å². The number of esters is 1. The zero-order chi connectivity index (χ0) is 21.1. The molecule has 2 rings (SSSR count). The van der Waals surface area contributed by atoms with Gasteiger partial charge < -0.3 is 9.47 Å². The lowest BCUT2D eigenvalue weighted by molar-refractivity contribution is 0.0734. The molecule has 0 aromatic heterocycles. The van der Waals surface area contributed by atoms with Crippen LogP contribution in [-0.2, 0) is 0 Å². The van der Waals surface area contributed by atoms with Crippen LogP contribution in [0.15, 0.2) is 60.8 Å². The maximum absolute atomic E-state index is 12.2. The van der Waals surface area contributed by atoms with E-state index in [9.17, 15) is 4.79 Å². The third kappa shape index (κ3) is 7.96. The van der Waals surface area contributed by atoms with Gasteiger partial charge in [0, 0.05) is 0 Å². The molecule has 0 radical (unpaired) electrons. The fourth-order valence-corrected chi connectivity index (χ4v) is 4.14. The van der Waals surface area contributed by atoms with Gasteiger partial charge in [-0.25, -0.2) is 4.79 Å². The zero-order valence-electron chi connectivity index (χ0n) is 17.3. The summed E-state index contributed by atoms with van der Waals surface area (Å²) >= 11 is 0. The van der Waals surface area contributed by atoms with Crippen molar-refractivity contribution in [3.05, 3.63) is 71.9 Å². The molecule has 0 aliphatic carbocycles. The van der Waals surface area contributed by atoms with Gasteiger partial charge in [0.25, 0.3) is 0 Å². The van der Waals surface area contributed by atoms with Gasteiger partial charge in [-0.15, -0.1) is 12.3 Å². The van der Waals surface area contributed by atoms with Crippen molar-refractivity contribution in [2.24, 2.45) is 0 Å². The second-order valence-electron chi connectivity index (χ2n) is 7.76. The van der Waals surface area contributed by atoms with E-state index in [1.54, 1.807) is 48.5 Å². The van der Waals surface area contributed by atoms with Crippen molar-refractivity contribution in [2.45, 2.75) is 44.8 Å². The minimum atomic E-state index is -1.16. The van der Waals surface area contributed by atoms with E-state index in [4.69, 9.17) is 14.7 Å². The highest BCUT2D eigenvalue weighted by Gasteiger charge is 2.14. The Hall–Kier alpha value is -2.84. The molecule has 0 unspecified atom stereocenters. The van der Waals surface area contributed by atoms with Crippen LogP contribution in [0.1, 0.15) is 41.6 Å². The van der Waals surface area contributed by atoms with Crippen molar-refractivity contribution in [3.63, 3.8) is 0 Å². The largest absolute Gasteiger partial charge is 0.494 e. The van der Waals surface area contributed by atoms with Crippen LogP contribution in [0, 0.1) is 11.3 Å². The molecule has 2 aromatic carbocycles. The number of ether oxygens (including phenoxy) is 2. The van der Waals surface area contributed by atoms with Gasteiger partial charge in [0.2, 0.25) is 0 Å². The fourth-order valence-electron chi connectivity index (χ4n) is 2.78. The van der Waals surface area contributed by atoms with Gasteiger partial charge in [-0.3, -0.25) is 0 Å². The van der Waals surface area contributed by atoms with E-state index in [1.807, 2.05) is 6.07 Å². The Kier molecular flexibility index (Phi) is 8.69. The highest BCUT2D eigenvalue weighted by Crippen LogP contribution is 2.18. The van der Waals surface area contributed by atoms with Crippen molar-refractivity contribution in [2.75, 3.05) is 6.61 Å². The van der Waals surface area contributed by atoms with Gasteiger partial charge >= 0.3 is 5.97 Å². The molecule has 4 nitrogen and oxygen atoms in total. The molecule has 152 valence electrons. The summed E-state index contributed by atoms with van der Waals surface area (Å²) in [5, 5.41) is 8.80. The molecule has 0 fully saturated rings. The molecule has 0 aliphatic rings. The first-order valence-corrected chi connectivity index (χ1v) is 13.3. The third-order valence-corrected chi connectivity index (χ3v) is 7.57. The van der Waals surface area contributed by atoms with E-state index in [0.29, 0.717) is 23.5 Å². The average molecular weight is 408 g/mol. The molecular formula is C24H29NO3Si. The number of carbonyl (C=O) groups is 1. The predicted molar refractivity (Wildman–Crippen MR) is 119 cm³/mol. The van der Waals surface area contributed by atoms with Crippen LogP contribution in [0.25, 0.3) is 0 Å². The number of carbonyl (C=O) groups excluding carboxylic acids is 1. The Bertz CT molecular complexity index is 836. The van der Waals surface area contributed by atoms with Crippen LogP contribution in [0.5, 0.6) is 11.5 Å². The number of hydrogen-bond donors (Lipinski definition) is 0. The number of unbranched alkanes of at least 4 members (excludes halogenated alkanes) is 3. The summed E-state index contributed by atoms with van der Waals surface area (Å²) in [7, 11) is -1.16. The van der Waals surface area contributed by atoms with Crippen LogP contribution in [0.2, 0.25) is 19.1 Å². The lowest BCUT2D eigenvalue weighted by atomic mass is 10.2. The molecule has 0 saturated heterocycles. The smallest absolute Gasteiger partial charge is 0.343 e. The maximum Gasteiger partial charge on any atom is 0.343 e. The van der Waals surface area contributed by atoms with Crippen molar-refractivity contribution >= 4 is 14.0 Å². The quantitative estimate of drug-likeness (QED) is 0.194. The van der Waals surface area contributed by atoms with Gasteiger partial charge in [-0.2, -0.15) is 5.26 Å². The number of benzene rings is 2. The molecule has 0 amide bonds. The Morgan fingerprint density at radius 2 is 1.62 bits per heavy atom. The number of nitriles is 1. The number of nitrogens with zero attached hydrogens (tertiary/aromatic N) is 1. The lowest BCUT2D eigenvalue weighted by Crippen LogP contribution is -2.21. The molecule has 0 N–H and O–H groups in total.